The molecule has 1 unspecified atom stereocenters. The van der Waals surface area contributed by atoms with E-state index in [1.54, 1.807) is 17.8 Å². The quantitative estimate of drug-likeness (QED) is 0.817. The summed E-state index contributed by atoms with van der Waals surface area (Å²) in [7, 11) is -3.60. The maximum absolute atomic E-state index is 12.3. The highest BCUT2D eigenvalue weighted by Gasteiger charge is 2.24. The fourth-order valence-corrected chi connectivity index (χ4v) is 5.00. The number of hydrogen-bond donors (Lipinski definition) is 2. The first-order valence-corrected chi connectivity index (χ1v) is 9.54. The predicted molar refractivity (Wildman–Crippen MR) is 86.1 cm³/mol. The Labute approximate surface area is 134 Å². The van der Waals surface area contributed by atoms with Gasteiger partial charge in [0.05, 0.1) is 11.6 Å². The lowest BCUT2D eigenvalue weighted by Crippen LogP contribution is -2.34. The summed E-state index contributed by atoms with van der Waals surface area (Å²) in [6, 6.07) is 4.59. The molecule has 0 amide bonds. The maximum atomic E-state index is 12.3. The fraction of sp³-hybridized carbons (Fsp3) is 0.429. The first kappa shape index (κ1) is 16.7. The molecule has 1 aliphatic rings. The molecule has 0 radical (unpaired) electrons. The van der Waals surface area contributed by atoms with Crippen molar-refractivity contribution in [2.75, 3.05) is 18.1 Å². The Morgan fingerprint density at radius 1 is 1.48 bits per heavy atom. The Kier molecular flexibility index (Phi) is 5.97. The molecule has 0 aromatic heterocycles. The van der Waals surface area contributed by atoms with Crippen LogP contribution in [-0.4, -0.2) is 37.7 Å². The molecule has 0 bridgehead atoms. The van der Waals surface area contributed by atoms with E-state index in [1.165, 1.54) is 12.1 Å². The van der Waals surface area contributed by atoms with E-state index in [0.717, 1.165) is 17.9 Å². The first-order valence-electron chi connectivity index (χ1n) is 6.52. The third-order valence-corrected chi connectivity index (χ3v) is 6.11. The van der Waals surface area contributed by atoms with Crippen LogP contribution in [-0.2, 0) is 10.0 Å². The zero-order chi connectivity index (χ0) is 15.3. The van der Waals surface area contributed by atoms with E-state index in [1.807, 2.05) is 0 Å². The molecule has 1 aliphatic heterocycles. The third-order valence-electron chi connectivity index (χ3n) is 2.94. The van der Waals surface area contributed by atoms with Crippen LogP contribution in [0.25, 0.3) is 0 Å². The molecular formula is C14H16ClNO3S2. The highest BCUT2D eigenvalue weighted by atomic mass is 35.5. The zero-order valence-electron chi connectivity index (χ0n) is 11.3. The van der Waals surface area contributed by atoms with Crippen LogP contribution in [0, 0.1) is 11.8 Å². The van der Waals surface area contributed by atoms with Gasteiger partial charge in [-0.05, 0) is 30.4 Å². The molecule has 0 spiro atoms. The number of aliphatic hydroxyl groups is 1. The first-order chi connectivity index (χ1) is 10.0. The van der Waals surface area contributed by atoms with Crippen LogP contribution in [0.5, 0.6) is 0 Å². The van der Waals surface area contributed by atoms with E-state index in [4.69, 9.17) is 16.7 Å². The van der Waals surface area contributed by atoms with Crippen LogP contribution in [0.3, 0.4) is 0 Å². The van der Waals surface area contributed by atoms with Gasteiger partial charge in [-0.2, -0.15) is 11.8 Å². The molecule has 1 atom stereocenters. The molecule has 21 heavy (non-hydrogen) atoms. The van der Waals surface area contributed by atoms with Gasteiger partial charge < -0.3 is 5.11 Å². The fourth-order valence-electron chi connectivity index (χ4n) is 1.93. The van der Waals surface area contributed by atoms with Crippen molar-refractivity contribution in [3.63, 3.8) is 0 Å². The number of nitrogens with one attached hydrogen (secondary N) is 1. The van der Waals surface area contributed by atoms with Gasteiger partial charge in [0.15, 0.2) is 0 Å². The number of aliphatic hydroxyl groups excluding tert-OH is 1. The molecule has 4 nitrogen and oxygen atoms in total. The van der Waals surface area contributed by atoms with Gasteiger partial charge in [0.1, 0.15) is 4.90 Å². The largest absolute Gasteiger partial charge is 0.395 e. The Morgan fingerprint density at radius 3 is 2.90 bits per heavy atom. The number of thioether (sulfide) groups is 1. The van der Waals surface area contributed by atoms with Crippen LogP contribution in [0.15, 0.2) is 23.1 Å². The summed E-state index contributed by atoms with van der Waals surface area (Å²) in [6.45, 7) is -0.00346. The van der Waals surface area contributed by atoms with E-state index < -0.39 is 10.0 Å². The van der Waals surface area contributed by atoms with Gasteiger partial charge in [0.2, 0.25) is 10.0 Å². The number of benzene rings is 1. The zero-order valence-corrected chi connectivity index (χ0v) is 13.7. The van der Waals surface area contributed by atoms with Crippen molar-refractivity contribution in [3.8, 4) is 11.8 Å². The molecule has 1 aromatic carbocycles. The molecular weight excluding hydrogens is 330 g/mol. The van der Waals surface area contributed by atoms with E-state index in [2.05, 4.69) is 16.6 Å². The van der Waals surface area contributed by atoms with E-state index >= 15 is 0 Å². The highest BCUT2D eigenvalue weighted by Crippen LogP contribution is 2.25. The van der Waals surface area contributed by atoms with Gasteiger partial charge in [-0.1, -0.05) is 23.4 Å². The summed E-state index contributed by atoms with van der Waals surface area (Å²) in [4.78, 5) is 0.0776. The van der Waals surface area contributed by atoms with Crippen molar-refractivity contribution in [2.24, 2.45) is 0 Å². The third kappa shape index (κ3) is 4.63. The molecule has 2 N–H and O–H groups in total. The van der Waals surface area contributed by atoms with Crippen LogP contribution in [0.4, 0.5) is 0 Å². The summed E-state index contributed by atoms with van der Waals surface area (Å²) in [5.41, 5.74) is 0.629. The minimum absolute atomic E-state index is 0.00346. The number of hydrogen-bond acceptors (Lipinski definition) is 4. The van der Waals surface area contributed by atoms with Crippen LogP contribution in [0.1, 0.15) is 18.4 Å². The average molecular weight is 346 g/mol. The van der Waals surface area contributed by atoms with Crippen LogP contribution < -0.4 is 4.72 Å². The SMILES string of the molecule is O=S(=O)(NC1CCSC1)c1ccc(C#CCCO)cc1Cl. The van der Waals surface area contributed by atoms with E-state index in [-0.39, 0.29) is 22.6 Å². The summed E-state index contributed by atoms with van der Waals surface area (Å²) < 4.78 is 27.3. The minimum atomic E-state index is -3.60. The molecule has 7 heteroatoms. The Balaban J connectivity index is 2.18. The molecule has 1 aromatic rings. The second kappa shape index (κ2) is 7.52. The maximum Gasteiger partial charge on any atom is 0.242 e. The second-order valence-electron chi connectivity index (χ2n) is 4.60. The lowest BCUT2D eigenvalue weighted by molar-refractivity contribution is 0.305. The summed E-state index contributed by atoms with van der Waals surface area (Å²) >= 11 is 7.81. The highest BCUT2D eigenvalue weighted by molar-refractivity contribution is 7.99. The molecule has 1 saturated heterocycles. The summed E-state index contributed by atoms with van der Waals surface area (Å²) in [5.74, 6) is 7.36. The van der Waals surface area contributed by atoms with Crippen molar-refractivity contribution in [1.29, 1.82) is 0 Å². The van der Waals surface area contributed by atoms with Crippen LogP contribution in [0.2, 0.25) is 5.02 Å². The molecule has 0 aliphatic carbocycles. The van der Waals surface area contributed by atoms with E-state index in [9.17, 15) is 8.42 Å². The Bertz CT molecular complexity index is 659. The van der Waals surface area contributed by atoms with Crippen molar-refractivity contribution in [2.45, 2.75) is 23.8 Å². The molecule has 2 rings (SSSR count). The van der Waals surface area contributed by atoms with Crippen molar-refractivity contribution in [1.82, 2.24) is 4.72 Å². The van der Waals surface area contributed by atoms with Gasteiger partial charge >= 0.3 is 0 Å². The standard InChI is InChI=1S/C14H16ClNO3S2/c15-13-9-11(3-1-2-7-17)4-5-14(13)21(18,19)16-12-6-8-20-10-12/h4-5,9,12,16-17H,2,6-8,10H2. The molecule has 114 valence electrons. The topological polar surface area (TPSA) is 66.4 Å². The predicted octanol–water partition coefficient (Wildman–Crippen LogP) is 1.86. The summed E-state index contributed by atoms with van der Waals surface area (Å²) in [6.07, 6.45) is 1.21. The Hall–Kier alpha value is -0.710. The monoisotopic (exact) mass is 345 g/mol. The normalized spacial score (nSPS) is 18.3. The number of rotatable bonds is 4. The van der Waals surface area contributed by atoms with Crippen LogP contribution >= 0.6 is 23.4 Å². The van der Waals surface area contributed by atoms with Gasteiger partial charge in [-0.15, -0.1) is 0 Å². The second-order valence-corrected chi connectivity index (χ2v) is 7.84. The lowest BCUT2D eigenvalue weighted by Gasteiger charge is -2.13. The van der Waals surface area contributed by atoms with Crippen molar-refractivity contribution < 1.29 is 13.5 Å². The van der Waals surface area contributed by atoms with Gasteiger partial charge in [0.25, 0.3) is 0 Å². The van der Waals surface area contributed by atoms with Gasteiger partial charge in [0, 0.05) is 23.8 Å². The van der Waals surface area contributed by atoms with E-state index in [0.29, 0.717) is 12.0 Å². The summed E-state index contributed by atoms with van der Waals surface area (Å²) in [5, 5.41) is 8.82. The minimum Gasteiger partial charge on any atom is -0.395 e. The molecule has 1 fully saturated rings. The molecule has 1 heterocycles. The lowest BCUT2D eigenvalue weighted by atomic mass is 10.2. The molecule has 0 saturated carbocycles. The smallest absolute Gasteiger partial charge is 0.242 e. The Morgan fingerprint density at radius 2 is 2.29 bits per heavy atom. The number of halogens is 1. The van der Waals surface area contributed by atoms with Gasteiger partial charge in [-0.3, -0.25) is 0 Å². The van der Waals surface area contributed by atoms with Crippen molar-refractivity contribution in [3.05, 3.63) is 28.8 Å². The average Bonchev–Trinajstić information content (AvgIpc) is 2.91. The van der Waals surface area contributed by atoms with Gasteiger partial charge in [-0.25, -0.2) is 13.1 Å². The van der Waals surface area contributed by atoms with Crippen molar-refractivity contribution >= 4 is 33.4 Å². The number of sulfonamides is 1.